The molecule has 1 atom stereocenters. The van der Waals surface area contributed by atoms with E-state index in [-0.39, 0.29) is 11.8 Å². The molecule has 0 spiro atoms. The smallest absolute Gasteiger partial charge is 0.231 e. The third-order valence-corrected chi connectivity index (χ3v) is 6.63. The van der Waals surface area contributed by atoms with Crippen molar-refractivity contribution in [2.75, 3.05) is 12.8 Å². The number of likely N-dealkylation sites (N-methyl/N-ethyl adjacent to an activating group) is 1. The molecule has 0 aromatic carbocycles. The maximum atomic E-state index is 13.1. The van der Waals surface area contributed by atoms with Crippen LogP contribution in [0.5, 0.6) is 0 Å². The molecule has 2 N–H and O–H groups in total. The molecule has 4 rings (SSSR count). The molecule has 0 saturated heterocycles. The molecule has 0 bridgehead atoms. The Kier molecular flexibility index (Phi) is 4.04. The number of fused-ring (bicyclic) bond motifs is 2. The first kappa shape index (κ1) is 16.5. The fourth-order valence-electron chi connectivity index (χ4n) is 3.55. The predicted molar refractivity (Wildman–Crippen MR) is 101 cm³/mol. The second-order valence-electron chi connectivity index (χ2n) is 6.64. The lowest BCUT2D eigenvalue weighted by molar-refractivity contribution is -0.132. The Labute approximate surface area is 154 Å². The Hall–Kier alpha value is -1.93. The summed E-state index contributed by atoms with van der Waals surface area (Å²) in [4.78, 5) is 27.3. The normalized spacial score (nSPS) is 17.0. The number of thiazole rings is 2. The quantitative estimate of drug-likeness (QED) is 0.763. The van der Waals surface area contributed by atoms with Gasteiger partial charge in [0.2, 0.25) is 5.91 Å². The van der Waals surface area contributed by atoms with Crippen molar-refractivity contribution in [2.45, 2.75) is 45.6 Å². The molecule has 3 heterocycles. The van der Waals surface area contributed by atoms with Crippen LogP contribution in [0.2, 0.25) is 0 Å². The number of anilines is 1. The Morgan fingerprint density at radius 2 is 2.20 bits per heavy atom. The number of amides is 1. The number of imidazole rings is 1. The van der Waals surface area contributed by atoms with E-state index in [2.05, 4.69) is 27.5 Å². The number of aryl methyl sites for hydroxylation is 3. The molecule has 132 valence electrons. The Morgan fingerprint density at radius 3 is 3.00 bits per heavy atom. The number of nitrogens with zero attached hydrogens (tertiary/aromatic N) is 4. The highest BCUT2D eigenvalue weighted by Gasteiger charge is 2.32. The summed E-state index contributed by atoms with van der Waals surface area (Å²) in [5, 5.41) is 0.564. The summed E-state index contributed by atoms with van der Waals surface area (Å²) < 4.78 is 2.10. The molecule has 0 saturated carbocycles. The number of hydrogen-bond acceptors (Lipinski definition) is 6. The molecular weight excluding hydrogens is 354 g/mol. The Bertz CT molecular complexity index is 954. The van der Waals surface area contributed by atoms with E-state index in [1.807, 2.05) is 14.0 Å². The Balaban J connectivity index is 1.59. The van der Waals surface area contributed by atoms with Crippen molar-refractivity contribution in [3.63, 3.8) is 0 Å². The fourth-order valence-corrected chi connectivity index (χ4v) is 5.37. The molecule has 1 amide bonds. The molecule has 3 aromatic rings. The van der Waals surface area contributed by atoms with E-state index >= 15 is 0 Å². The Morgan fingerprint density at radius 1 is 1.40 bits per heavy atom. The largest absolute Gasteiger partial charge is 0.375 e. The van der Waals surface area contributed by atoms with Crippen LogP contribution in [0.3, 0.4) is 0 Å². The van der Waals surface area contributed by atoms with Crippen molar-refractivity contribution in [3.8, 4) is 0 Å². The molecular formula is C17H21N5OS2. The maximum Gasteiger partial charge on any atom is 0.231 e. The van der Waals surface area contributed by atoms with Gasteiger partial charge in [-0.1, -0.05) is 0 Å². The molecule has 1 unspecified atom stereocenters. The van der Waals surface area contributed by atoms with E-state index in [0.717, 1.165) is 41.3 Å². The summed E-state index contributed by atoms with van der Waals surface area (Å²) in [5.41, 5.74) is 8.81. The highest BCUT2D eigenvalue weighted by Crippen LogP contribution is 2.37. The van der Waals surface area contributed by atoms with E-state index < -0.39 is 0 Å². The number of carbonyl (C=O) groups is 1. The number of carbonyl (C=O) groups excluding carboxylic acids is 1. The second kappa shape index (κ2) is 6.10. The summed E-state index contributed by atoms with van der Waals surface area (Å²) >= 11 is 3.19. The zero-order valence-electron chi connectivity index (χ0n) is 14.6. The number of aromatic nitrogens is 3. The van der Waals surface area contributed by atoms with Crippen molar-refractivity contribution >= 4 is 38.7 Å². The zero-order valence-corrected chi connectivity index (χ0v) is 16.2. The van der Waals surface area contributed by atoms with Gasteiger partial charge in [-0.2, -0.15) is 0 Å². The van der Waals surface area contributed by atoms with Crippen LogP contribution in [0.15, 0.2) is 6.20 Å². The first-order valence-electron chi connectivity index (χ1n) is 8.38. The van der Waals surface area contributed by atoms with Gasteiger partial charge in [0, 0.05) is 23.0 Å². The van der Waals surface area contributed by atoms with Gasteiger partial charge in [0.1, 0.15) is 0 Å². The van der Waals surface area contributed by atoms with Gasteiger partial charge in [-0.15, -0.1) is 22.7 Å². The number of hydrogen-bond donors (Lipinski definition) is 1. The average molecular weight is 376 g/mol. The monoisotopic (exact) mass is 375 g/mol. The molecule has 0 radical (unpaired) electrons. The minimum atomic E-state index is -0.171. The van der Waals surface area contributed by atoms with Gasteiger partial charge in [0.25, 0.3) is 0 Å². The SMILES string of the molecule is Cc1cn2c(CN(C)C(=O)C3CCCc4sc(N)nc43)c(C)nc2s1. The van der Waals surface area contributed by atoms with Crippen molar-refractivity contribution in [2.24, 2.45) is 0 Å². The average Bonchev–Trinajstić information content (AvgIpc) is 3.19. The zero-order chi connectivity index (χ0) is 17.7. The van der Waals surface area contributed by atoms with Crippen LogP contribution in [0.1, 0.15) is 45.6 Å². The fraction of sp³-hybridized carbons (Fsp3) is 0.471. The van der Waals surface area contributed by atoms with E-state index in [1.54, 1.807) is 16.2 Å². The molecule has 3 aromatic heterocycles. The van der Waals surface area contributed by atoms with E-state index in [9.17, 15) is 4.79 Å². The van der Waals surface area contributed by atoms with Gasteiger partial charge in [0.15, 0.2) is 10.1 Å². The van der Waals surface area contributed by atoms with Gasteiger partial charge >= 0.3 is 0 Å². The van der Waals surface area contributed by atoms with E-state index in [0.29, 0.717) is 11.7 Å². The van der Waals surface area contributed by atoms with Crippen LogP contribution < -0.4 is 5.73 Å². The minimum Gasteiger partial charge on any atom is -0.375 e. The van der Waals surface area contributed by atoms with Gasteiger partial charge in [-0.3, -0.25) is 9.20 Å². The van der Waals surface area contributed by atoms with Crippen LogP contribution in [0.25, 0.3) is 4.96 Å². The molecule has 1 aliphatic rings. The predicted octanol–water partition coefficient (Wildman–Crippen LogP) is 3.13. The van der Waals surface area contributed by atoms with Crippen LogP contribution in [-0.4, -0.2) is 32.2 Å². The van der Waals surface area contributed by atoms with E-state index in [1.165, 1.54) is 21.1 Å². The summed E-state index contributed by atoms with van der Waals surface area (Å²) in [6.45, 7) is 4.62. The number of nitrogen functional groups attached to an aromatic ring is 1. The summed E-state index contributed by atoms with van der Waals surface area (Å²) in [6, 6.07) is 0. The lowest BCUT2D eigenvalue weighted by atomic mass is 9.90. The minimum absolute atomic E-state index is 0.118. The molecule has 8 heteroatoms. The summed E-state index contributed by atoms with van der Waals surface area (Å²) in [6.07, 6.45) is 4.93. The third-order valence-electron chi connectivity index (χ3n) is 4.77. The lowest BCUT2D eigenvalue weighted by Gasteiger charge is -2.26. The number of rotatable bonds is 3. The van der Waals surface area contributed by atoms with Crippen molar-refractivity contribution in [1.29, 1.82) is 0 Å². The highest BCUT2D eigenvalue weighted by molar-refractivity contribution is 7.17. The van der Waals surface area contributed by atoms with Gasteiger partial charge in [0.05, 0.1) is 29.5 Å². The highest BCUT2D eigenvalue weighted by atomic mass is 32.1. The van der Waals surface area contributed by atoms with Crippen LogP contribution in [0, 0.1) is 13.8 Å². The summed E-state index contributed by atoms with van der Waals surface area (Å²) in [7, 11) is 1.87. The number of nitrogens with two attached hydrogens (primary N) is 1. The van der Waals surface area contributed by atoms with Crippen LogP contribution in [0.4, 0.5) is 5.13 Å². The van der Waals surface area contributed by atoms with Crippen LogP contribution >= 0.6 is 22.7 Å². The standard InChI is InChI=1S/C17H21N5OS2/c1-9-7-22-12(10(2)19-17(22)24-9)8-21(3)15(23)11-5-4-6-13-14(11)20-16(18)25-13/h7,11H,4-6,8H2,1-3H3,(H2,18,20). The molecule has 6 nitrogen and oxygen atoms in total. The van der Waals surface area contributed by atoms with Crippen LogP contribution in [-0.2, 0) is 17.8 Å². The molecule has 1 aliphatic carbocycles. The molecule has 25 heavy (non-hydrogen) atoms. The lowest BCUT2D eigenvalue weighted by Crippen LogP contribution is -2.33. The van der Waals surface area contributed by atoms with E-state index in [4.69, 9.17) is 5.73 Å². The second-order valence-corrected chi connectivity index (χ2v) is 8.97. The molecule has 0 aliphatic heterocycles. The molecule has 0 fully saturated rings. The van der Waals surface area contributed by atoms with Crippen molar-refractivity contribution in [1.82, 2.24) is 19.3 Å². The summed E-state index contributed by atoms with van der Waals surface area (Å²) in [5.74, 6) is -0.0530. The van der Waals surface area contributed by atoms with Gasteiger partial charge in [-0.25, -0.2) is 9.97 Å². The first-order valence-corrected chi connectivity index (χ1v) is 10.0. The van der Waals surface area contributed by atoms with Crippen molar-refractivity contribution < 1.29 is 4.79 Å². The third kappa shape index (κ3) is 2.83. The first-order chi connectivity index (χ1) is 11.9. The maximum absolute atomic E-state index is 13.1. The van der Waals surface area contributed by atoms with Gasteiger partial charge in [-0.05, 0) is 33.1 Å². The van der Waals surface area contributed by atoms with Gasteiger partial charge < -0.3 is 10.6 Å². The topological polar surface area (TPSA) is 76.5 Å². The van der Waals surface area contributed by atoms with Crippen molar-refractivity contribution in [3.05, 3.63) is 33.0 Å².